The molecule has 0 bridgehead atoms. The molecule has 0 saturated carbocycles. The number of carboxylic acid groups (broad SMARTS) is 1. The molecule has 94 valence electrons. The average molecular weight is 240 g/mol. The van der Waals surface area contributed by atoms with Gasteiger partial charge in [-0.25, -0.2) is 4.79 Å². The normalized spacial score (nSPS) is 10.0. The topological polar surface area (TPSA) is 87.5 Å². The van der Waals surface area contributed by atoms with Gasteiger partial charge in [-0.2, -0.15) is 5.10 Å². The SMILES string of the molecule is CCN(CCC(=O)O)C(=O)Nc1ccn(C)n1. The van der Waals surface area contributed by atoms with E-state index in [4.69, 9.17) is 5.11 Å². The second kappa shape index (κ2) is 5.88. The van der Waals surface area contributed by atoms with E-state index in [1.54, 1.807) is 30.9 Å². The van der Waals surface area contributed by atoms with E-state index < -0.39 is 5.97 Å². The Kier molecular flexibility index (Phi) is 4.50. The third kappa shape index (κ3) is 4.13. The number of carbonyl (C=O) groups excluding carboxylic acids is 1. The highest BCUT2D eigenvalue weighted by atomic mass is 16.4. The van der Waals surface area contributed by atoms with Gasteiger partial charge < -0.3 is 10.0 Å². The molecular weight excluding hydrogens is 224 g/mol. The van der Waals surface area contributed by atoms with Crippen molar-refractivity contribution in [3.8, 4) is 0 Å². The van der Waals surface area contributed by atoms with Crippen LogP contribution in [0.25, 0.3) is 0 Å². The number of carboxylic acids is 1. The Morgan fingerprint density at radius 2 is 2.29 bits per heavy atom. The van der Waals surface area contributed by atoms with E-state index in [0.717, 1.165) is 0 Å². The smallest absolute Gasteiger partial charge is 0.323 e. The average Bonchev–Trinajstić information content (AvgIpc) is 2.64. The van der Waals surface area contributed by atoms with Gasteiger partial charge in [0.25, 0.3) is 0 Å². The predicted molar refractivity (Wildman–Crippen MR) is 61.7 cm³/mol. The molecule has 1 heterocycles. The third-order valence-corrected chi connectivity index (χ3v) is 2.21. The predicted octanol–water partition coefficient (Wildman–Crippen LogP) is 0.749. The maximum atomic E-state index is 11.7. The lowest BCUT2D eigenvalue weighted by molar-refractivity contribution is -0.137. The van der Waals surface area contributed by atoms with Crippen LogP contribution in [0.4, 0.5) is 10.6 Å². The molecule has 7 heteroatoms. The second-order valence-corrected chi connectivity index (χ2v) is 3.53. The number of nitrogens with one attached hydrogen (secondary N) is 1. The summed E-state index contributed by atoms with van der Waals surface area (Å²) in [6, 6.07) is 1.33. The molecular formula is C10H16N4O3. The van der Waals surface area contributed by atoms with Crippen LogP contribution >= 0.6 is 0 Å². The molecule has 0 unspecified atom stereocenters. The Labute approximate surface area is 99.0 Å². The molecule has 7 nitrogen and oxygen atoms in total. The number of amides is 2. The van der Waals surface area contributed by atoms with Crippen LogP contribution in [0.5, 0.6) is 0 Å². The highest BCUT2D eigenvalue weighted by Crippen LogP contribution is 2.03. The van der Waals surface area contributed by atoms with Crippen LogP contribution in [0, 0.1) is 0 Å². The molecule has 1 aromatic heterocycles. The molecule has 0 saturated heterocycles. The molecule has 0 aromatic carbocycles. The van der Waals surface area contributed by atoms with Crippen molar-refractivity contribution in [2.75, 3.05) is 18.4 Å². The monoisotopic (exact) mass is 240 g/mol. The minimum atomic E-state index is -0.922. The molecule has 2 N–H and O–H groups in total. The summed E-state index contributed by atoms with van der Waals surface area (Å²) in [5.74, 6) is -0.472. The maximum Gasteiger partial charge on any atom is 0.323 e. The van der Waals surface area contributed by atoms with Crippen molar-refractivity contribution in [3.05, 3.63) is 12.3 Å². The summed E-state index contributed by atoms with van der Waals surface area (Å²) in [4.78, 5) is 23.6. The number of aromatic nitrogens is 2. The van der Waals surface area contributed by atoms with Crippen LogP contribution in [0.3, 0.4) is 0 Å². The van der Waals surface area contributed by atoms with Gasteiger partial charge in [-0.15, -0.1) is 0 Å². The lowest BCUT2D eigenvalue weighted by atomic mass is 10.4. The molecule has 0 fully saturated rings. The van der Waals surface area contributed by atoms with Gasteiger partial charge >= 0.3 is 12.0 Å². The van der Waals surface area contributed by atoms with Crippen molar-refractivity contribution >= 4 is 17.8 Å². The number of aryl methyl sites for hydroxylation is 1. The molecule has 0 atom stereocenters. The van der Waals surface area contributed by atoms with Gasteiger partial charge in [0.05, 0.1) is 6.42 Å². The van der Waals surface area contributed by atoms with E-state index in [1.807, 2.05) is 0 Å². The van der Waals surface area contributed by atoms with Gasteiger partial charge in [0.2, 0.25) is 0 Å². The Bertz CT molecular complexity index is 402. The first-order valence-electron chi connectivity index (χ1n) is 5.30. The van der Waals surface area contributed by atoms with Crippen LogP contribution in [0.1, 0.15) is 13.3 Å². The molecule has 0 aliphatic carbocycles. The van der Waals surface area contributed by atoms with Gasteiger partial charge in [-0.3, -0.25) is 14.8 Å². The summed E-state index contributed by atoms with van der Waals surface area (Å²) in [5.41, 5.74) is 0. The first kappa shape index (κ1) is 13.0. The zero-order valence-corrected chi connectivity index (χ0v) is 9.88. The fraction of sp³-hybridized carbons (Fsp3) is 0.500. The number of anilines is 1. The van der Waals surface area contributed by atoms with E-state index in [0.29, 0.717) is 12.4 Å². The number of rotatable bonds is 5. The molecule has 1 rings (SSSR count). The number of carbonyl (C=O) groups is 2. The Hall–Kier alpha value is -2.05. The number of nitrogens with zero attached hydrogens (tertiary/aromatic N) is 3. The molecule has 1 aromatic rings. The highest BCUT2D eigenvalue weighted by Gasteiger charge is 2.13. The van der Waals surface area contributed by atoms with E-state index in [9.17, 15) is 9.59 Å². The number of hydrogen-bond donors (Lipinski definition) is 2. The summed E-state index contributed by atoms with van der Waals surface area (Å²) in [7, 11) is 1.75. The number of hydrogen-bond acceptors (Lipinski definition) is 3. The lowest BCUT2D eigenvalue weighted by Gasteiger charge is -2.19. The summed E-state index contributed by atoms with van der Waals surface area (Å²) < 4.78 is 1.57. The molecule has 2 amide bonds. The van der Waals surface area contributed by atoms with Crippen LogP contribution < -0.4 is 5.32 Å². The van der Waals surface area contributed by atoms with Crippen molar-refractivity contribution < 1.29 is 14.7 Å². The quantitative estimate of drug-likeness (QED) is 0.795. The van der Waals surface area contributed by atoms with Crippen LogP contribution in [0.2, 0.25) is 0 Å². The van der Waals surface area contributed by atoms with E-state index in [1.165, 1.54) is 4.90 Å². The van der Waals surface area contributed by atoms with Crippen LogP contribution in [0.15, 0.2) is 12.3 Å². The van der Waals surface area contributed by atoms with Gasteiger partial charge in [0, 0.05) is 32.4 Å². The zero-order valence-electron chi connectivity index (χ0n) is 9.88. The Balaban J connectivity index is 2.51. The van der Waals surface area contributed by atoms with Crippen molar-refractivity contribution in [2.45, 2.75) is 13.3 Å². The fourth-order valence-corrected chi connectivity index (χ4v) is 1.30. The fourth-order valence-electron chi connectivity index (χ4n) is 1.30. The summed E-state index contributed by atoms with van der Waals surface area (Å²) in [6.45, 7) is 2.43. The zero-order chi connectivity index (χ0) is 12.8. The first-order valence-corrected chi connectivity index (χ1v) is 5.30. The standard InChI is InChI=1S/C10H16N4O3/c1-3-14(7-5-9(15)16)10(17)11-8-4-6-13(2)12-8/h4,6H,3,5,7H2,1-2H3,(H,15,16)(H,11,12,17). The highest BCUT2D eigenvalue weighted by molar-refractivity contribution is 5.88. The van der Waals surface area contributed by atoms with Gasteiger partial charge in [-0.05, 0) is 6.92 Å². The van der Waals surface area contributed by atoms with E-state index in [2.05, 4.69) is 10.4 Å². The molecule has 0 radical (unpaired) electrons. The van der Waals surface area contributed by atoms with Gasteiger partial charge in [-0.1, -0.05) is 0 Å². The summed E-state index contributed by atoms with van der Waals surface area (Å²) in [6.07, 6.45) is 1.65. The van der Waals surface area contributed by atoms with Crippen LogP contribution in [-0.4, -0.2) is 44.9 Å². The van der Waals surface area contributed by atoms with E-state index >= 15 is 0 Å². The van der Waals surface area contributed by atoms with Gasteiger partial charge in [0.15, 0.2) is 5.82 Å². The summed E-state index contributed by atoms with van der Waals surface area (Å²) >= 11 is 0. The number of aliphatic carboxylic acids is 1. The minimum Gasteiger partial charge on any atom is -0.481 e. The lowest BCUT2D eigenvalue weighted by Crippen LogP contribution is -2.36. The van der Waals surface area contributed by atoms with Crippen LogP contribution in [-0.2, 0) is 11.8 Å². The maximum absolute atomic E-state index is 11.7. The van der Waals surface area contributed by atoms with Crippen molar-refractivity contribution in [2.24, 2.45) is 7.05 Å². The summed E-state index contributed by atoms with van der Waals surface area (Å²) in [5, 5.41) is 15.2. The molecule has 0 aliphatic heterocycles. The first-order chi connectivity index (χ1) is 8.02. The van der Waals surface area contributed by atoms with Crippen molar-refractivity contribution in [1.82, 2.24) is 14.7 Å². The minimum absolute atomic E-state index is 0.0660. The molecule has 0 aliphatic rings. The largest absolute Gasteiger partial charge is 0.481 e. The van der Waals surface area contributed by atoms with Crippen molar-refractivity contribution in [1.29, 1.82) is 0 Å². The number of urea groups is 1. The van der Waals surface area contributed by atoms with Crippen molar-refractivity contribution in [3.63, 3.8) is 0 Å². The third-order valence-electron chi connectivity index (χ3n) is 2.21. The Morgan fingerprint density at radius 3 is 2.76 bits per heavy atom. The molecule has 0 spiro atoms. The Morgan fingerprint density at radius 1 is 1.59 bits per heavy atom. The van der Waals surface area contributed by atoms with Gasteiger partial charge in [0.1, 0.15) is 0 Å². The second-order valence-electron chi connectivity index (χ2n) is 3.53. The van der Waals surface area contributed by atoms with E-state index in [-0.39, 0.29) is 19.0 Å². The molecule has 17 heavy (non-hydrogen) atoms.